The Balaban J connectivity index is 1.75. The van der Waals surface area contributed by atoms with Crippen molar-refractivity contribution in [3.63, 3.8) is 0 Å². The van der Waals surface area contributed by atoms with Gasteiger partial charge in [-0.05, 0) is 74.1 Å². The summed E-state index contributed by atoms with van der Waals surface area (Å²) in [5, 5.41) is 0. The van der Waals surface area contributed by atoms with Crippen LogP contribution in [0.1, 0.15) is 69.0 Å². The van der Waals surface area contributed by atoms with Crippen LogP contribution in [0.5, 0.6) is 5.75 Å². The van der Waals surface area contributed by atoms with Crippen molar-refractivity contribution in [2.24, 2.45) is 11.7 Å². The van der Waals surface area contributed by atoms with Crippen LogP contribution in [0.2, 0.25) is 0 Å². The predicted molar refractivity (Wildman–Crippen MR) is 83.0 cm³/mol. The van der Waals surface area contributed by atoms with Gasteiger partial charge in [0.2, 0.25) is 0 Å². The highest BCUT2D eigenvalue weighted by atomic mass is 16.5. The Morgan fingerprint density at radius 3 is 2.85 bits per heavy atom. The van der Waals surface area contributed by atoms with E-state index in [1.165, 1.54) is 56.1 Å². The summed E-state index contributed by atoms with van der Waals surface area (Å²) in [6.45, 7) is 2.29. The highest BCUT2D eigenvalue weighted by Gasteiger charge is 2.26. The molecule has 0 heterocycles. The van der Waals surface area contributed by atoms with E-state index in [2.05, 4.69) is 25.1 Å². The molecule has 110 valence electrons. The average molecular weight is 273 g/mol. The van der Waals surface area contributed by atoms with Gasteiger partial charge in [0, 0.05) is 6.04 Å². The Morgan fingerprint density at radius 2 is 2.00 bits per heavy atom. The lowest BCUT2D eigenvalue weighted by Crippen LogP contribution is -2.30. The van der Waals surface area contributed by atoms with Crippen molar-refractivity contribution in [2.45, 2.75) is 70.4 Å². The molecule has 2 heteroatoms. The second kappa shape index (κ2) is 6.17. The molecule has 20 heavy (non-hydrogen) atoms. The van der Waals surface area contributed by atoms with E-state index in [0.717, 1.165) is 18.1 Å². The van der Waals surface area contributed by atoms with Crippen molar-refractivity contribution >= 4 is 0 Å². The molecule has 2 unspecified atom stereocenters. The maximum atomic E-state index is 6.32. The summed E-state index contributed by atoms with van der Waals surface area (Å²) in [5.74, 6) is 1.76. The van der Waals surface area contributed by atoms with Gasteiger partial charge in [-0.3, -0.25) is 0 Å². The third-order valence-corrected chi connectivity index (χ3v) is 5.13. The summed E-state index contributed by atoms with van der Waals surface area (Å²) >= 11 is 0. The van der Waals surface area contributed by atoms with Crippen LogP contribution in [-0.4, -0.2) is 6.10 Å². The predicted octanol–water partition coefficient (Wildman–Crippen LogP) is 4.37. The SMILES string of the molecule is CCC1CCCCC1Oc1ccc2c(c1)[C@H](N)CCC2. The van der Waals surface area contributed by atoms with Gasteiger partial charge in [0.25, 0.3) is 0 Å². The summed E-state index contributed by atoms with van der Waals surface area (Å²) in [7, 11) is 0. The molecule has 2 aliphatic rings. The maximum Gasteiger partial charge on any atom is 0.120 e. The van der Waals surface area contributed by atoms with Crippen molar-refractivity contribution in [3.05, 3.63) is 29.3 Å². The maximum absolute atomic E-state index is 6.32. The summed E-state index contributed by atoms with van der Waals surface area (Å²) in [6, 6.07) is 6.79. The molecule has 0 aliphatic heterocycles. The largest absolute Gasteiger partial charge is 0.490 e. The van der Waals surface area contributed by atoms with Crippen LogP contribution in [0.25, 0.3) is 0 Å². The first-order valence-electron chi connectivity index (χ1n) is 8.33. The monoisotopic (exact) mass is 273 g/mol. The minimum Gasteiger partial charge on any atom is -0.490 e. The highest BCUT2D eigenvalue weighted by molar-refractivity contribution is 5.39. The second-order valence-electron chi connectivity index (χ2n) is 6.47. The molecule has 3 atom stereocenters. The molecule has 0 saturated heterocycles. The van der Waals surface area contributed by atoms with Crippen LogP contribution in [-0.2, 0) is 6.42 Å². The lowest BCUT2D eigenvalue weighted by molar-refractivity contribution is 0.0902. The molecule has 1 aromatic carbocycles. The van der Waals surface area contributed by atoms with E-state index < -0.39 is 0 Å². The summed E-state index contributed by atoms with van der Waals surface area (Å²) < 4.78 is 6.32. The summed E-state index contributed by atoms with van der Waals surface area (Å²) in [4.78, 5) is 0. The van der Waals surface area contributed by atoms with E-state index >= 15 is 0 Å². The molecule has 1 saturated carbocycles. The Bertz CT molecular complexity index is 457. The molecular weight excluding hydrogens is 246 g/mol. The molecule has 0 spiro atoms. The number of rotatable bonds is 3. The van der Waals surface area contributed by atoms with E-state index in [9.17, 15) is 0 Å². The first kappa shape index (κ1) is 13.9. The number of hydrogen-bond acceptors (Lipinski definition) is 2. The fourth-order valence-electron chi connectivity index (χ4n) is 3.86. The van der Waals surface area contributed by atoms with Gasteiger partial charge >= 0.3 is 0 Å². The number of benzene rings is 1. The van der Waals surface area contributed by atoms with Crippen molar-refractivity contribution in [3.8, 4) is 5.75 Å². The number of ether oxygens (including phenoxy) is 1. The zero-order valence-corrected chi connectivity index (χ0v) is 12.6. The molecule has 3 rings (SSSR count). The van der Waals surface area contributed by atoms with Crippen LogP contribution in [0, 0.1) is 5.92 Å². The van der Waals surface area contributed by atoms with Crippen LogP contribution in [0.4, 0.5) is 0 Å². The number of aryl methyl sites for hydroxylation is 1. The first-order valence-corrected chi connectivity index (χ1v) is 8.33. The molecule has 0 bridgehead atoms. The Labute approximate surface area is 122 Å². The molecular formula is C18H27NO. The van der Waals surface area contributed by atoms with Gasteiger partial charge in [0.15, 0.2) is 0 Å². The third kappa shape index (κ3) is 2.85. The van der Waals surface area contributed by atoms with Crippen molar-refractivity contribution in [1.82, 2.24) is 0 Å². The molecule has 1 fully saturated rings. The first-order chi connectivity index (χ1) is 9.78. The number of fused-ring (bicyclic) bond motifs is 1. The van der Waals surface area contributed by atoms with Crippen LogP contribution >= 0.6 is 0 Å². The molecule has 1 aromatic rings. The van der Waals surface area contributed by atoms with Gasteiger partial charge in [0.1, 0.15) is 11.9 Å². The van der Waals surface area contributed by atoms with E-state index in [1.54, 1.807) is 0 Å². The zero-order chi connectivity index (χ0) is 13.9. The van der Waals surface area contributed by atoms with Crippen molar-refractivity contribution in [1.29, 1.82) is 0 Å². The quantitative estimate of drug-likeness (QED) is 0.887. The zero-order valence-electron chi connectivity index (χ0n) is 12.6. The summed E-state index contributed by atoms with van der Waals surface area (Å²) in [6.07, 6.45) is 10.4. The summed E-state index contributed by atoms with van der Waals surface area (Å²) in [5.41, 5.74) is 8.99. The van der Waals surface area contributed by atoms with E-state index in [4.69, 9.17) is 10.5 Å². The standard InChI is InChI=1S/C18H27NO/c1-2-13-6-3-4-9-18(13)20-15-11-10-14-7-5-8-17(19)16(14)12-15/h10-13,17-18H,2-9,19H2,1H3/t13?,17-,18?/m1/s1. The number of nitrogens with two attached hydrogens (primary N) is 1. The average Bonchev–Trinajstić information content (AvgIpc) is 2.49. The molecule has 2 N–H and O–H groups in total. The van der Waals surface area contributed by atoms with Gasteiger partial charge in [-0.15, -0.1) is 0 Å². The minimum atomic E-state index is 0.204. The lowest BCUT2D eigenvalue weighted by Gasteiger charge is -2.32. The van der Waals surface area contributed by atoms with Crippen molar-refractivity contribution in [2.75, 3.05) is 0 Å². The number of hydrogen-bond donors (Lipinski definition) is 1. The molecule has 0 radical (unpaired) electrons. The lowest BCUT2D eigenvalue weighted by atomic mass is 9.84. The Morgan fingerprint density at radius 1 is 1.15 bits per heavy atom. The van der Waals surface area contributed by atoms with Gasteiger partial charge in [-0.1, -0.05) is 19.4 Å². The van der Waals surface area contributed by atoms with Gasteiger partial charge in [0.05, 0.1) is 0 Å². The van der Waals surface area contributed by atoms with Crippen LogP contribution in [0.3, 0.4) is 0 Å². The second-order valence-corrected chi connectivity index (χ2v) is 6.47. The van der Waals surface area contributed by atoms with E-state index in [0.29, 0.717) is 6.10 Å². The molecule has 2 aliphatic carbocycles. The van der Waals surface area contributed by atoms with Crippen molar-refractivity contribution < 1.29 is 4.74 Å². The molecule has 0 amide bonds. The topological polar surface area (TPSA) is 35.2 Å². The molecule has 0 aromatic heterocycles. The fraction of sp³-hybridized carbons (Fsp3) is 0.667. The normalized spacial score (nSPS) is 29.8. The third-order valence-electron chi connectivity index (χ3n) is 5.13. The van der Waals surface area contributed by atoms with Gasteiger partial charge in [-0.25, -0.2) is 0 Å². The Hall–Kier alpha value is -1.02. The minimum absolute atomic E-state index is 0.204. The van der Waals surface area contributed by atoms with Crippen LogP contribution < -0.4 is 10.5 Å². The fourth-order valence-corrected chi connectivity index (χ4v) is 3.86. The smallest absolute Gasteiger partial charge is 0.120 e. The van der Waals surface area contributed by atoms with Gasteiger partial charge < -0.3 is 10.5 Å². The van der Waals surface area contributed by atoms with E-state index in [-0.39, 0.29) is 6.04 Å². The van der Waals surface area contributed by atoms with Crippen LogP contribution in [0.15, 0.2) is 18.2 Å². The molecule has 2 nitrogen and oxygen atoms in total. The van der Waals surface area contributed by atoms with Gasteiger partial charge in [-0.2, -0.15) is 0 Å². The highest BCUT2D eigenvalue weighted by Crippen LogP contribution is 2.34. The van der Waals surface area contributed by atoms with E-state index in [1.807, 2.05) is 0 Å². The Kier molecular flexibility index (Phi) is 4.30.